The molecule has 0 aromatic heterocycles. The van der Waals surface area contributed by atoms with E-state index in [4.69, 9.17) is 0 Å². The van der Waals surface area contributed by atoms with Crippen LogP contribution in [0.25, 0.3) is 16.3 Å². The molecule has 0 spiro atoms. The molecule has 0 fully saturated rings. The maximum absolute atomic E-state index is 2.70. The van der Waals surface area contributed by atoms with E-state index < -0.39 is 20.4 Å². The topological polar surface area (TPSA) is 0 Å². The van der Waals surface area contributed by atoms with E-state index in [1.807, 2.05) is 0 Å². The van der Waals surface area contributed by atoms with E-state index in [0.717, 1.165) is 3.63 Å². The van der Waals surface area contributed by atoms with Gasteiger partial charge in [-0.3, -0.25) is 0 Å². The molecule has 0 bridgehead atoms. The third kappa shape index (κ3) is 3.51. The predicted octanol–water partition coefficient (Wildman–Crippen LogP) is 8.67. The van der Waals surface area contributed by atoms with Gasteiger partial charge >= 0.3 is 202 Å². The number of benzene rings is 3. The van der Waals surface area contributed by atoms with Gasteiger partial charge in [0.2, 0.25) is 0 Å². The first-order valence-electron chi connectivity index (χ1n) is 11.7. The van der Waals surface area contributed by atoms with Gasteiger partial charge in [-0.1, -0.05) is 0 Å². The molecular weight excluding hydrogens is 480 g/mol. The van der Waals surface area contributed by atoms with Crippen LogP contribution in [0.2, 0.25) is 16.7 Å². The molecule has 160 valence electrons. The van der Waals surface area contributed by atoms with Crippen LogP contribution in [0.1, 0.15) is 48.0 Å². The second kappa shape index (κ2) is 8.54. The van der Waals surface area contributed by atoms with Crippen LogP contribution in [-0.2, 0) is 20.4 Å². The van der Waals surface area contributed by atoms with Crippen molar-refractivity contribution in [2.75, 3.05) is 0 Å². The Morgan fingerprint density at radius 2 is 1.28 bits per heavy atom. The van der Waals surface area contributed by atoms with Crippen molar-refractivity contribution in [3.05, 3.63) is 112 Å². The first kappa shape index (κ1) is 22.1. The van der Waals surface area contributed by atoms with E-state index in [1.54, 1.807) is 27.9 Å². The zero-order valence-electron chi connectivity index (χ0n) is 20.1. The average Bonchev–Trinajstić information content (AvgIpc) is 3.25. The molecule has 0 nitrogen and oxygen atoms in total. The Bertz CT molecular complexity index is 1340. The molecule has 32 heavy (non-hydrogen) atoms. The van der Waals surface area contributed by atoms with Gasteiger partial charge in [-0.05, 0) is 0 Å². The van der Waals surface area contributed by atoms with Crippen LogP contribution in [0.5, 0.6) is 0 Å². The minimum absolute atomic E-state index is 0.365. The Balaban J connectivity index is 1.76. The first-order chi connectivity index (χ1) is 15.4. The van der Waals surface area contributed by atoms with Crippen molar-refractivity contribution in [1.29, 1.82) is 0 Å². The molecule has 0 heterocycles. The molecule has 3 aromatic rings. The van der Waals surface area contributed by atoms with Crippen molar-refractivity contribution in [3.8, 4) is 0 Å². The van der Waals surface area contributed by atoms with Crippen molar-refractivity contribution in [2.24, 2.45) is 0 Å². The Hall–Kier alpha value is -1.76. The zero-order valence-corrected chi connectivity index (χ0v) is 23.5. The summed E-state index contributed by atoms with van der Waals surface area (Å²) in [6.07, 6.45) is 2.70. The summed E-state index contributed by atoms with van der Waals surface area (Å²) in [7, 11) is 0. The Morgan fingerprint density at radius 3 is 1.88 bits per heavy atom. The van der Waals surface area contributed by atoms with Crippen LogP contribution in [0.15, 0.2) is 95.1 Å². The summed E-state index contributed by atoms with van der Waals surface area (Å²) in [6.45, 7) is 14.8. The van der Waals surface area contributed by atoms with Gasteiger partial charge < -0.3 is 0 Å². The number of rotatable bonds is 3. The summed E-state index contributed by atoms with van der Waals surface area (Å²) < 4.78 is 1.42. The second-order valence-corrected chi connectivity index (χ2v) is 27.7. The van der Waals surface area contributed by atoms with Crippen molar-refractivity contribution in [3.63, 3.8) is 0 Å². The van der Waals surface area contributed by atoms with E-state index in [1.165, 1.54) is 27.5 Å². The monoisotopic (exact) mass is 510 g/mol. The summed E-state index contributed by atoms with van der Waals surface area (Å²) in [5, 5.41) is 2.75. The van der Waals surface area contributed by atoms with Crippen LogP contribution in [0.3, 0.4) is 0 Å². The predicted molar refractivity (Wildman–Crippen MR) is 138 cm³/mol. The van der Waals surface area contributed by atoms with Gasteiger partial charge in [-0.15, -0.1) is 0 Å². The van der Waals surface area contributed by atoms with E-state index in [-0.39, 0.29) is 5.43 Å². The van der Waals surface area contributed by atoms with Gasteiger partial charge in [-0.25, -0.2) is 0 Å². The molecule has 0 saturated carbocycles. The first-order valence-corrected chi connectivity index (χ1v) is 20.7. The molecule has 1 atom stereocenters. The maximum atomic E-state index is 2.70. The van der Waals surface area contributed by atoms with Gasteiger partial charge in [-0.2, -0.15) is 0 Å². The summed E-state index contributed by atoms with van der Waals surface area (Å²) in [6, 6.07) is 25.0. The summed E-state index contributed by atoms with van der Waals surface area (Å²) in [5.74, 6) is 0. The van der Waals surface area contributed by atoms with Crippen molar-refractivity contribution < 1.29 is 20.4 Å². The van der Waals surface area contributed by atoms with E-state index >= 15 is 0 Å². The quantitative estimate of drug-likeness (QED) is 0.309. The molecule has 0 saturated heterocycles. The Morgan fingerprint density at radius 1 is 0.719 bits per heavy atom. The van der Waals surface area contributed by atoms with Gasteiger partial charge in [0.1, 0.15) is 0 Å². The summed E-state index contributed by atoms with van der Waals surface area (Å²) in [4.78, 5) is 0. The normalized spacial score (nSPS) is 18.4. The van der Waals surface area contributed by atoms with Gasteiger partial charge in [0.15, 0.2) is 0 Å². The van der Waals surface area contributed by atoms with Gasteiger partial charge in [0.25, 0.3) is 0 Å². The van der Waals surface area contributed by atoms with E-state index in [9.17, 15) is 0 Å². The minimum atomic E-state index is -1.93. The summed E-state index contributed by atoms with van der Waals surface area (Å²) >= 11 is -1.93. The Kier molecular flexibility index (Phi) is 5.89. The number of hydrogen-bond acceptors (Lipinski definition) is 0. The fraction of sp³-hybridized carbons (Fsp3) is 0.267. The SMILES string of the molecule is CC1=C(C)[CH]([Zr]([CH]2C=C(c3ccccc3)c3cc4ccccc4cc32)=[Si](C)C)C(C)=C1C. The zero-order chi connectivity index (χ0) is 22.6. The van der Waals surface area contributed by atoms with Gasteiger partial charge in [0.05, 0.1) is 0 Å². The van der Waals surface area contributed by atoms with Crippen LogP contribution in [0, 0.1) is 0 Å². The Labute approximate surface area is 201 Å². The molecule has 0 N–H and O–H groups in total. The molecule has 0 amide bonds. The van der Waals surface area contributed by atoms with Crippen LogP contribution >= 0.6 is 0 Å². The molecule has 2 aliphatic rings. The summed E-state index contributed by atoms with van der Waals surface area (Å²) in [5.41, 5.74) is 12.1. The molecule has 3 aromatic carbocycles. The third-order valence-corrected chi connectivity index (χ3v) is 27.5. The van der Waals surface area contributed by atoms with E-state index in [2.05, 4.69) is 114 Å². The molecule has 0 aliphatic heterocycles. The number of allylic oxidation sites excluding steroid dienone is 5. The molecule has 1 unspecified atom stereocenters. The van der Waals surface area contributed by atoms with E-state index in [0.29, 0.717) is 3.63 Å². The molecule has 2 heteroatoms. The average molecular weight is 512 g/mol. The van der Waals surface area contributed by atoms with Crippen molar-refractivity contribution in [1.82, 2.24) is 0 Å². The van der Waals surface area contributed by atoms with Gasteiger partial charge in [0, 0.05) is 0 Å². The molecule has 0 radical (unpaired) electrons. The van der Waals surface area contributed by atoms with Crippen molar-refractivity contribution in [2.45, 2.75) is 48.0 Å². The standard InChI is InChI=1S/C19H13.C9H13.C2H6Si.Zr/c1-2-6-14(7-3-1)18-11-10-17-12-15-8-4-5-9-16(15)13-19(17)18;1-6-5-7(2)9(4)8(6)3;1-3-2;/h1-13H;5H,1-4H3;1-2H3;. The third-order valence-electron chi connectivity index (χ3n) is 7.80. The van der Waals surface area contributed by atoms with Crippen LogP contribution < -0.4 is 0 Å². The molecule has 2 aliphatic carbocycles. The fourth-order valence-electron chi connectivity index (χ4n) is 5.82. The fourth-order valence-corrected chi connectivity index (χ4v) is 26.3. The molecule has 5 rings (SSSR count). The molecular formula is C30H32SiZr. The van der Waals surface area contributed by atoms with Crippen LogP contribution in [0.4, 0.5) is 0 Å². The number of hydrogen-bond donors (Lipinski definition) is 0. The number of fused-ring (bicyclic) bond motifs is 2. The van der Waals surface area contributed by atoms with Crippen LogP contribution in [-0.4, -0.2) is 5.43 Å². The van der Waals surface area contributed by atoms with Crippen molar-refractivity contribution >= 4 is 21.8 Å². The second-order valence-electron chi connectivity index (χ2n) is 9.72.